The molecule has 1 N–H and O–H groups in total. The van der Waals surface area contributed by atoms with Crippen molar-refractivity contribution in [2.45, 2.75) is 38.6 Å². The first-order valence-electron chi connectivity index (χ1n) is 4.80. The lowest BCUT2D eigenvalue weighted by molar-refractivity contribution is -0.137. The first-order valence-corrected chi connectivity index (χ1v) is 4.80. The highest BCUT2D eigenvalue weighted by Crippen LogP contribution is 2.28. The van der Waals surface area contributed by atoms with Gasteiger partial charge in [0, 0.05) is 12.5 Å². The number of nitrogens with zero attached hydrogens (tertiary/aromatic N) is 3. The molecule has 1 aromatic rings. The van der Waals surface area contributed by atoms with Crippen LogP contribution < -0.4 is 0 Å². The molecule has 0 amide bonds. The number of hydrogen-bond acceptors (Lipinski definition) is 3. The second-order valence-electron chi connectivity index (χ2n) is 3.69. The lowest BCUT2D eigenvalue weighted by Crippen LogP contribution is -2.19. The van der Waals surface area contributed by atoms with Crippen molar-refractivity contribution in [2.24, 2.45) is 0 Å². The maximum Gasteiger partial charge on any atom is 0.304 e. The summed E-state index contributed by atoms with van der Waals surface area (Å²) in [6.07, 6.45) is 2.09. The fourth-order valence-corrected chi connectivity index (χ4v) is 2.00. The van der Waals surface area contributed by atoms with Crippen molar-refractivity contribution in [1.82, 2.24) is 14.8 Å². The van der Waals surface area contributed by atoms with Crippen molar-refractivity contribution in [3.05, 3.63) is 11.6 Å². The zero-order valence-electron chi connectivity index (χ0n) is 8.10. The van der Waals surface area contributed by atoms with E-state index in [9.17, 15) is 4.79 Å². The van der Waals surface area contributed by atoms with Gasteiger partial charge in [0.05, 0.1) is 6.42 Å². The van der Waals surface area contributed by atoms with Crippen LogP contribution in [0.15, 0.2) is 0 Å². The fraction of sp³-hybridized carbons (Fsp3) is 0.667. The van der Waals surface area contributed by atoms with E-state index in [-0.39, 0.29) is 12.3 Å². The number of aryl methyl sites for hydroxylation is 1. The van der Waals surface area contributed by atoms with Crippen LogP contribution in [0, 0.1) is 6.92 Å². The quantitative estimate of drug-likeness (QED) is 0.762. The Labute approximate surface area is 81.8 Å². The summed E-state index contributed by atoms with van der Waals surface area (Å²) in [6.45, 7) is 2.82. The van der Waals surface area contributed by atoms with E-state index < -0.39 is 5.97 Å². The summed E-state index contributed by atoms with van der Waals surface area (Å²) < 4.78 is 2.02. The second kappa shape index (κ2) is 3.40. The van der Waals surface area contributed by atoms with Gasteiger partial charge in [-0.25, -0.2) is 0 Å². The van der Waals surface area contributed by atoms with E-state index in [0.29, 0.717) is 0 Å². The Balaban J connectivity index is 2.27. The van der Waals surface area contributed by atoms with Gasteiger partial charge >= 0.3 is 5.97 Å². The Morgan fingerprint density at radius 1 is 1.64 bits per heavy atom. The first-order chi connectivity index (χ1) is 6.68. The van der Waals surface area contributed by atoms with Crippen LogP contribution in [0.1, 0.15) is 36.8 Å². The Morgan fingerprint density at radius 3 is 3.14 bits per heavy atom. The Kier molecular flexibility index (Phi) is 2.23. The SMILES string of the molecule is Cc1nnc2n1CCCC2CC(=O)O. The molecule has 5 heteroatoms. The van der Waals surface area contributed by atoms with Crippen molar-refractivity contribution >= 4 is 5.97 Å². The minimum Gasteiger partial charge on any atom is -0.481 e. The van der Waals surface area contributed by atoms with E-state index >= 15 is 0 Å². The molecular formula is C9H13N3O2. The van der Waals surface area contributed by atoms with Crippen molar-refractivity contribution < 1.29 is 9.90 Å². The molecule has 0 spiro atoms. The number of rotatable bonds is 2. The van der Waals surface area contributed by atoms with E-state index in [1.807, 2.05) is 11.5 Å². The summed E-state index contributed by atoms with van der Waals surface area (Å²) >= 11 is 0. The number of carboxylic acids is 1. The van der Waals surface area contributed by atoms with E-state index in [4.69, 9.17) is 5.11 Å². The minimum absolute atomic E-state index is 0.0439. The molecule has 2 rings (SSSR count). The lowest BCUT2D eigenvalue weighted by Gasteiger charge is -2.21. The predicted octanol–water partition coefficient (Wildman–Crippen LogP) is 0.939. The van der Waals surface area contributed by atoms with Gasteiger partial charge < -0.3 is 9.67 Å². The predicted molar refractivity (Wildman–Crippen MR) is 49.0 cm³/mol. The standard InChI is InChI=1S/C9H13N3O2/c1-6-10-11-9-7(5-8(13)14)3-2-4-12(6)9/h7H,2-5H2,1H3,(H,13,14). The normalized spacial score (nSPS) is 20.5. The fourth-order valence-electron chi connectivity index (χ4n) is 2.00. The number of aromatic nitrogens is 3. The Morgan fingerprint density at radius 2 is 2.43 bits per heavy atom. The molecule has 0 fully saturated rings. The van der Waals surface area contributed by atoms with Gasteiger partial charge in [0.2, 0.25) is 0 Å². The summed E-state index contributed by atoms with van der Waals surface area (Å²) in [5.41, 5.74) is 0. The third kappa shape index (κ3) is 1.49. The van der Waals surface area contributed by atoms with Crippen LogP contribution in [0.5, 0.6) is 0 Å². The molecule has 14 heavy (non-hydrogen) atoms. The Hall–Kier alpha value is -1.39. The number of carboxylic acid groups (broad SMARTS) is 1. The maximum absolute atomic E-state index is 10.6. The molecule has 0 saturated carbocycles. The molecule has 1 aliphatic rings. The third-order valence-electron chi connectivity index (χ3n) is 2.68. The molecule has 0 radical (unpaired) electrons. The molecule has 1 aliphatic heterocycles. The van der Waals surface area contributed by atoms with E-state index in [1.54, 1.807) is 0 Å². The zero-order chi connectivity index (χ0) is 10.1. The maximum atomic E-state index is 10.6. The molecule has 76 valence electrons. The largest absolute Gasteiger partial charge is 0.481 e. The molecule has 2 heterocycles. The smallest absolute Gasteiger partial charge is 0.304 e. The van der Waals surface area contributed by atoms with Gasteiger partial charge in [-0.05, 0) is 19.8 Å². The molecule has 1 unspecified atom stereocenters. The summed E-state index contributed by atoms with van der Waals surface area (Å²) in [5, 5.41) is 16.8. The van der Waals surface area contributed by atoms with Gasteiger partial charge in [-0.2, -0.15) is 0 Å². The van der Waals surface area contributed by atoms with Crippen LogP contribution in [0.25, 0.3) is 0 Å². The topological polar surface area (TPSA) is 68.0 Å². The summed E-state index contributed by atoms with van der Waals surface area (Å²) in [7, 11) is 0. The van der Waals surface area contributed by atoms with Crippen LogP contribution in [-0.2, 0) is 11.3 Å². The number of fused-ring (bicyclic) bond motifs is 1. The molecule has 0 saturated heterocycles. The Bertz CT molecular complexity index is 359. The molecule has 5 nitrogen and oxygen atoms in total. The highest BCUT2D eigenvalue weighted by Gasteiger charge is 2.25. The molecule has 1 atom stereocenters. The summed E-state index contributed by atoms with van der Waals surface area (Å²) in [4.78, 5) is 10.6. The second-order valence-corrected chi connectivity index (χ2v) is 3.69. The van der Waals surface area contributed by atoms with E-state index in [2.05, 4.69) is 10.2 Å². The first kappa shape index (κ1) is 9.18. The zero-order valence-corrected chi connectivity index (χ0v) is 8.10. The molecule has 0 aliphatic carbocycles. The lowest BCUT2D eigenvalue weighted by atomic mass is 9.95. The highest BCUT2D eigenvalue weighted by molar-refractivity contribution is 5.67. The average molecular weight is 195 g/mol. The monoisotopic (exact) mass is 195 g/mol. The van der Waals surface area contributed by atoms with Crippen LogP contribution >= 0.6 is 0 Å². The van der Waals surface area contributed by atoms with Crippen molar-refractivity contribution in [3.63, 3.8) is 0 Å². The van der Waals surface area contributed by atoms with Crippen LogP contribution in [0.4, 0.5) is 0 Å². The van der Waals surface area contributed by atoms with Crippen molar-refractivity contribution in [2.75, 3.05) is 0 Å². The van der Waals surface area contributed by atoms with Gasteiger partial charge in [0.15, 0.2) is 0 Å². The minimum atomic E-state index is -0.760. The van der Waals surface area contributed by atoms with E-state index in [0.717, 1.165) is 31.0 Å². The summed E-state index contributed by atoms with van der Waals surface area (Å²) in [5.74, 6) is 1.01. The van der Waals surface area contributed by atoms with E-state index in [1.165, 1.54) is 0 Å². The van der Waals surface area contributed by atoms with Gasteiger partial charge in [0.25, 0.3) is 0 Å². The number of hydrogen-bond donors (Lipinski definition) is 1. The van der Waals surface area contributed by atoms with Crippen LogP contribution in [-0.4, -0.2) is 25.8 Å². The number of aliphatic carboxylic acids is 1. The summed E-state index contributed by atoms with van der Waals surface area (Å²) in [6, 6.07) is 0. The molecule has 0 aromatic carbocycles. The van der Waals surface area contributed by atoms with Gasteiger partial charge in [-0.3, -0.25) is 4.79 Å². The molecular weight excluding hydrogens is 182 g/mol. The van der Waals surface area contributed by atoms with Gasteiger partial charge in [0.1, 0.15) is 11.6 Å². The van der Waals surface area contributed by atoms with Crippen molar-refractivity contribution in [1.29, 1.82) is 0 Å². The van der Waals surface area contributed by atoms with Gasteiger partial charge in [-0.15, -0.1) is 10.2 Å². The van der Waals surface area contributed by atoms with Crippen LogP contribution in [0.3, 0.4) is 0 Å². The molecule has 1 aromatic heterocycles. The number of carbonyl (C=O) groups is 1. The van der Waals surface area contributed by atoms with Crippen molar-refractivity contribution in [3.8, 4) is 0 Å². The third-order valence-corrected chi connectivity index (χ3v) is 2.68. The highest BCUT2D eigenvalue weighted by atomic mass is 16.4. The van der Waals surface area contributed by atoms with Crippen LogP contribution in [0.2, 0.25) is 0 Å². The molecule has 0 bridgehead atoms. The van der Waals surface area contributed by atoms with Gasteiger partial charge in [-0.1, -0.05) is 0 Å². The average Bonchev–Trinajstić information content (AvgIpc) is 2.49.